The van der Waals surface area contributed by atoms with Crippen LogP contribution in [0.5, 0.6) is 17.2 Å². The van der Waals surface area contributed by atoms with Crippen molar-refractivity contribution in [2.45, 2.75) is 6.54 Å². The Labute approximate surface area is 128 Å². The zero-order valence-corrected chi connectivity index (χ0v) is 12.6. The molecule has 0 saturated heterocycles. The van der Waals surface area contributed by atoms with Crippen molar-refractivity contribution in [2.24, 2.45) is 0 Å². The maximum atomic E-state index is 12.0. The highest BCUT2D eigenvalue weighted by atomic mass is 16.5. The van der Waals surface area contributed by atoms with Crippen LogP contribution in [0.1, 0.15) is 16.1 Å². The average Bonchev–Trinajstić information content (AvgIpc) is 2.59. The first kappa shape index (κ1) is 15.6. The van der Waals surface area contributed by atoms with Crippen LogP contribution >= 0.6 is 0 Å². The lowest BCUT2D eigenvalue weighted by Crippen LogP contribution is -2.24. The molecule has 0 saturated carbocycles. The van der Waals surface area contributed by atoms with E-state index in [2.05, 4.69) is 15.3 Å². The van der Waals surface area contributed by atoms with Crippen LogP contribution in [-0.4, -0.2) is 37.2 Å². The van der Waals surface area contributed by atoms with E-state index in [1.54, 1.807) is 33.5 Å². The second kappa shape index (κ2) is 7.26. The van der Waals surface area contributed by atoms with Gasteiger partial charge < -0.3 is 19.5 Å². The first-order valence-electron chi connectivity index (χ1n) is 6.52. The second-order valence-corrected chi connectivity index (χ2v) is 4.29. The number of nitrogens with zero attached hydrogens (tertiary/aromatic N) is 2. The third kappa shape index (κ3) is 3.43. The maximum absolute atomic E-state index is 12.0. The standard InChI is InChI=1S/C15H17N3O4/c1-20-12-7-14(22-3)13(21-2)6-10(12)8-18-15(19)11-9-16-4-5-17-11/h4-7,9H,8H2,1-3H3,(H,18,19). The van der Waals surface area contributed by atoms with Gasteiger partial charge >= 0.3 is 0 Å². The Morgan fingerprint density at radius 1 is 1.05 bits per heavy atom. The number of ether oxygens (including phenoxy) is 3. The molecule has 2 aromatic rings. The van der Waals surface area contributed by atoms with Gasteiger partial charge in [0.25, 0.3) is 5.91 Å². The lowest BCUT2D eigenvalue weighted by molar-refractivity contribution is 0.0945. The minimum absolute atomic E-state index is 0.252. The van der Waals surface area contributed by atoms with Crippen LogP contribution in [-0.2, 0) is 6.54 Å². The van der Waals surface area contributed by atoms with Crippen LogP contribution in [0.3, 0.4) is 0 Å². The van der Waals surface area contributed by atoms with E-state index >= 15 is 0 Å². The number of amides is 1. The molecule has 0 aliphatic heterocycles. The Hall–Kier alpha value is -2.83. The third-order valence-corrected chi connectivity index (χ3v) is 3.02. The fraction of sp³-hybridized carbons (Fsp3) is 0.267. The van der Waals surface area contributed by atoms with Gasteiger partial charge in [-0.15, -0.1) is 0 Å². The van der Waals surface area contributed by atoms with E-state index in [0.29, 0.717) is 17.2 Å². The zero-order valence-electron chi connectivity index (χ0n) is 12.6. The summed E-state index contributed by atoms with van der Waals surface area (Å²) in [7, 11) is 4.65. The van der Waals surface area contributed by atoms with Gasteiger partial charge in [-0.3, -0.25) is 9.78 Å². The molecule has 0 spiro atoms. The summed E-state index contributed by atoms with van der Waals surface area (Å²) in [6.45, 7) is 0.263. The second-order valence-electron chi connectivity index (χ2n) is 4.29. The Balaban J connectivity index is 2.17. The van der Waals surface area contributed by atoms with Crippen LogP contribution in [0.25, 0.3) is 0 Å². The minimum atomic E-state index is -0.315. The van der Waals surface area contributed by atoms with Gasteiger partial charge in [0.1, 0.15) is 11.4 Å². The first-order chi connectivity index (χ1) is 10.7. The third-order valence-electron chi connectivity index (χ3n) is 3.02. The fourth-order valence-corrected chi connectivity index (χ4v) is 1.91. The largest absolute Gasteiger partial charge is 0.496 e. The highest BCUT2D eigenvalue weighted by Gasteiger charge is 2.13. The molecule has 1 aromatic heterocycles. The summed E-state index contributed by atoms with van der Waals surface area (Å²) in [5, 5.41) is 2.76. The van der Waals surface area contributed by atoms with Crippen molar-refractivity contribution in [1.82, 2.24) is 15.3 Å². The molecular formula is C15H17N3O4. The molecule has 0 unspecified atom stereocenters. The Morgan fingerprint density at radius 2 is 1.73 bits per heavy atom. The average molecular weight is 303 g/mol. The number of hydrogen-bond acceptors (Lipinski definition) is 6. The molecule has 1 heterocycles. The van der Waals surface area contributed by atoms with Crippen molar-refractivity contribution in [3.63, 3.8) is 0 Å². The smallest absolute Gasteiger partial charge is 0.271 e. The summed E-state index contributed by atoms with van der Waals surface area (Å²) in [5.41, 5.74) is 1.01. The van der Waals surface area contributed by atoms with Crippen molar-refractivity contribution in [3.05, 3.63) is 42.0 Å². The molecule has 2 rings (SSSR count). The monoisotopic (exact) mass is 303 g/mol. The molecule has 1 amide bonds. The van der Waals surface area contributed by atoms with Gasteiger partial charge in [0.15, 0.2) is 11.5 Å². The number of benzene rings is 1. The Morgan fingerprint density at radius 3 is 2.32 bits per heavy atom. The molecule has 0 aliphatic carbocycles. The molecule has 1 N–H and O–H groups in total. The summed E-state index contributed by atoms with van der Waals surface area (Å²) < 4.78 is 15.8. The molecule has 7 nitrogen and oxygen atoms in total. The topological polar surface area (TPSA) is 82.6 Å². The molecular weight excluding hydrogens is 286 g/mol. The quantitative estimate of drug-likeness (QED) is 0.869. The van der Waals surface area contributed by atoms with Crippen LogP contribution < -0.4 is 19.5 Å². The zero-order chi connectivity index (χ0) is 15.9. The summed E-state index contributed by atoms with van der Waals surface area (Å²) in [6, 6.07) is 3.47. The fourth-order valence-electron chi connectivity index (χ4n) is 1.91. The van der Waals surface area contributed by atoms with E-state index in [1.165, 1.54) is 18.6 Å². The predicted molar refractivity (Wildman–Crippen MR) is 79.3 cm³/mol. The van der Waals surface area contributed by atoms with Gasteiger partial charge in [-0.1, -0.05) is 0 Å². The van der Waals surface area contributed by atoms with E-state index in [1.807, 2.05) is 0 Å². The number of nitrogens with one attached hydrogen (secondary N) is 1. The van der Waals surface area contributed by atoms with Crippen molar-refractivity contribution in [3.8, 4) is 17.2 Å². The van der Waals surface area contributed by atoms with Crippen molar-refractivity contribution in [1.29, 1.82) is 0 Å². The molecule has 0 radical (unpaired) electrons. The number of carbonyl (C=O) groups excluding carboxylic acids is 1. The van der Waals surface area contributed by atoms with Crippen molar-refractivity contribution >= 4 is 5.91 Å². The molecule has 0 bridgehead atoms. The Bertz CT molecular complexity index is 647. The predicted octanol–water partition coefficient (Wildman–Crippen LogP) is 1.43. The number of rotatable bonds is 6. The van der Waals surface area contributed by atoms with Gasteiger partial charge in [0, 0.05) is 30.6 Å². The van der Waals surface area contributed by atoms with E-state index in [4.69, 9.17) is 14.2 Å². The van der Waals surface area contributed by atoms with Crippen molar-refractivity contribution in [2.75, 3.05) is 21.3 Å². The summed E-state index contributed by atoms with van der Waals surface area (Å²) >= 11 is 0. The minimum Gasteiger partial charge on any atom is -0.496 e. The highest BCUT2D eigenvalue weighted by Crippen LogP contribution is 2.34. The molecule has 0 fully saturated rings. The molecule has 22 heavy (non-hydrogen) atoms. The SMILES string of the molecule is COc1cc(OC)c(OC)cc1CNC(=O)c1cnccn1. The van der Waals surface area contributed by atoms with Crippen LogP contribution in [0.4, 0.5) is 0 Å². The molecule has 0 atom stereocenters. The number of carbonyl (C=O) groups is 1. The van der Waals surface area contributed by atoms with Crippen molar-refractivity contribution < 1.29 is 19.0 Å². The van der Waals surface area contributed by atoms with Gasteiger partial charge in [0.2, 0.25) is 0 Å². The number of methoxy groups -OCH3 is 3. The van der Waals surface area contributed by atoms with Gasteiger partial charge in [0.05, 0.1) is 27.5 Å². The van der Waals surface area contributed by atoms with E-state index in [9.17, 15) is 4.79 Å². The lowest BCUT2D eigenvalue weighted by Gasteiger charge is -2.14. The van der Waals surface area contributed by atoms with Gasteiger partial charge in [-0.2, -0.15) is 0 Å². The van der Waals surface area contributed by atoms with Crippen LogP contribution in [0, 0.1) is 0 Å². The van der Waals surface area contributed by atoms with E-state index in [0.717, 1.165) is 5.56 Å². The summed E-state index contributed by atoms with van der Waals surface area (Å²) in [4.78, 5) is 19.8. The molecule has 116 valence electrons. The molecule has 7 heteroatoms. The molecule has 0 aliphatic rings. The van der Waals surface area contributed by atoms with E-state index < -0.39 is 0 Å². The highest BCUT2D eigenvalue weighted by molar-refractivity contribution is 5.91. The summed E-state index contributed by atoms with van der Waals surface area (Å²) in [6.07, 6.45) is 4.38. The van der Waals surface area contributed by atoms with E-state index in [-0.39, 0.29) is 18.1 Å². The normalized spacial score (nSPS) is 9.95. The number of aromatic nitrogens is 2. The van der Waals surface area contributed by atoms with Gasteiger partial charge in [-0.05, 0) is 6.07 Å². The lowest BCUT2D eigenvalue weighted by atomic mass is 10.1. The van der Waals surface area contributed by atoms with Crippen LogP contribution in [0.2, 0.25) is 0 Å². The van der Waals surface area contributed by atoms with Gasteiger partial charge in [-0.25, -0.2) is 4.98 Å². The number of hydrogen-bond donors (Lipinski definition) is 1. The maximum Gasteiger partial charge on any atom is 0.271 e. The Kier molecular flexibility index (Phi) is 5.13. The molecule has 1 aromatic carbocycles. The first-order valence-corrected chi connectivity index (χ1v) is 6.52. The van der Waals surface area contributed by atoms with Crippen LogP contribution in [0.15, 0.2) is 30.7 Å². The summed E-state index contributed by atoms with van der Waals surface area (Å²) in [5.74, 6) is 1.40.